The summed E-state index contributed by atoms with van der Waals surface area (Å²) in [5, 5.41) is 0. The molecule has 3 heteroatoms. The van der Waals surface area contributed by atoms with Gasteiger partial charge in [0, 0.05) is 6.54 Å². The lowest BCUT2D eigenvalue weighted by atomic mass is 9.70. The van der Waals surface area contributed by atoms with Crippen LogP contribution in [0.4, 0.5) is 0 Å². The molecule has 0 N–H and O–H groups in total. The van der Waals surface area contributed by atoms with Crippen LogP contribution in [0.15, 0.2) is 65.7 Å². The molecule has 2 aromatic carbocycles. The molecule has 1 fully saturated rings. The van der Waals surface area contributed by atoms with Crippen molar-refractivity contribution in [3.8, 4) is 0 Å². The first kappa shape index (κ1) is 19.2. The number of hydrogen-bond acceptors (Lipinski definition) is 3. The highest BCUT2D eigenvalue weighted by Crippen LogP contribution is 2.49. The molecule has 0 radical (unpaired) electrons. The van der Waals surface area contributed by atoms with E-state index in [0.29, 0.717) is 12.5 Å². The van der Waals surface area contributed by atoms with Crippen molar-refractivity contribution in [3.05, 3.63) is 71.8 Å². The van der Waals surface area contributed by atoms with Gasteiger partial charge in [-0.1, -0.05) is 81.4 Å². The highest BCUT2D eigenvalue weighted by atomic mass is 16.5. The van der Waals surface area contributed by atoms with Crippen LogP contribution in [0.5, 0.6) is 0 Å². The van der Waals surface area contributed by atoms with Crippen molar-refractivity contribution in [3.63, 3.8) is 0 Å². The maximum atomic E-state index is 6.31. The van der Waals surface area contributed by atoms with E-state index in [1.54, 1.807) is 0 Å². The largest absolute Gasteiger partial charge is 0.477 e. The Morgan fingerprint density at radius 1 is 1.04 bits per heavy atom. The predicted molar refractivity (Wildman–Crippen MR) is 116 cm³/mol. The summed E-state index contributed by atoms with van der Waals surface area (Å²) >= 11 is 0. The molecular formula is C25H32N2O. The number of ether oxygens (including phenoxy) is 1. The minimum absolute atomic E-state index is 0.0335. The van der Waals surface area contributed by atoms with Gasteiger partial charge in [0.15, 0.2) is 0 Å². The van der Waals surface area contributed by atoms with Crippen LogP contribution in [-0.4, -0.2) is 42.6 Å². The Kier molecular flexibility index (Phi) is 5.05. The molecule has 1 unspecified atom stereocenters. The van der Waals surface area contributed by atoms with Crippen molar-refractivity contribution in [1.82, 2.24) is 4.90 Å². The molecule has 2 aliphatic heterocycles. The number of benzene rings is 2. The molecule has 0 amide bonds. The third-order valence-electron chi connectivity index (χ3n) is 6.58. The third kappa shape index (κ3) is 3.37. The molecule has 1 saturated heterocycles. The average molecular weight is 377 g/mol. The van der Waals surface area contributed by atoms with Crippen molar-refractivity contribution in [2.75, 3.05) is 20.2 Å². The fraction of sp³-hybridized carbons (Fsp3) is 0.480. The van der Waals surface area contributed by atoms with Crippen molar-refractivity contribution in [1.29, 1.82) is 0 Å². The van der Waals surface area contributed by atoms with Gasteiger partial charge in [-0.2, -0.15) is 0 Å². The number of likely N-dealkylation sites (tertiary alicyclic amines) is 1. The molecule has 2 aromatic rings. The molecule has 2 aliphatic rings. The van der Waals surface area contributed by atoms with Gasteiger partial charge in [0.2, 0.25) is 5.90 Å². The Hall–Kier alpha value is -2.13. The summed E-state index contributed by atoms with van der Waals surface area (Å²) in [7, 11) is 2.24. The first-order valence-corrected chi connectivity index (χ1v) is 10.4. The molecule has 2 heterocycles. The minimum atomic E-state index is -0.168. The summed E-state index contributed by atoms with van der Waals surface area (Å²) in [6.07, 6.45) is 1.99. The topological polar surface area (TPSA) is 24.8 Å². The first-order valence-electron chi connectivity index (χ1n) is 10.4. The Balaban J connectivity index is 1.62. The van der Waals surface area contributed by atoms with Gasteiger partial charge >= 0.3 is 0 Å². The summed E-state index contributed by atoms with van der Waals surface area (Å²) in [6.45, 7) is 8.70. The second kappa shape index (κ2) is 7.36. The lowest BCUT2D eigenvalue weighted by Gasteiger charge is -2.45. The second-order valence-corrected chi connectivity index (χ2v) is 9.39. The smallest absolute Gasteiger partial charge is 0.205 e. The van der Waals surface area contributed by atoms with E-state index >= 15 is 0 Å². The van der Waals surface area contributed by atoms with Crippen LogP contribution in [0, 0.1) is 5.41 Å². The molecule has 3 atom stereocenters. The Labute approximate surface area is 169 Å². The first-order chi connectivity index (χ1) is 13.4. The van der Waals surface area contributed by atoms with E-state index in [1.165, 1.54) is 11.1 Å². The summed E-state index contributed by atoms with van der Waals surface area (Å²) in [6, 6.07) is 21.7. The SMILES string of the molecule is CN1C[C@@H](c2ccccc2)C[C@]1(C1=NC(Cc2ccccc2)CO1)C(C)(C)C. The molecule has 3 nitrogen and oxygen atoms in total. The van der Waals surface area contributed by atoms with Crippen molar-refractivity contribution >= 4 is 5.90 Å². The number of nitrogens with zero attached hydrogens (tertiary/aromatic N) is 2. The number of likely N-dealkylation sites (N-methyl/N-ethyl adjacent to an activating group) is 1. The molecule has 0 spiro atoms. The lowest BCUT2D eigenvalue weighted by Crippen LogP contribution is -2.57. The van der Waals surface area contributed by atoms with Gasteiger partial charge < -0.3 is 4.74 Å². The van der Waals surface area contributed by atoms with E-state index in [9.17, 15) is 0 Å². The summed E-state index contributed by atoms with van der Waals surface area (Å²) in [4.78, 5) is 7.63. The van der Waals surface area contributed by atoms with Crippen LogP contribution in [0.25, 0.3) is 0 Å². The monoisotopic (exact) mass is 376 g/mol. The maximum Gasteiger partial charge on any atom is 0.205 e. The van der Waals surface area contributed by atoms with Gasteiger partial charge in [0.05, 0.1) is 6.04 Å². The quantitative estimate of drug-likeness (QED) is 0.756. The van der Waals surface area contributed by atoms with Crippen LogP contribution in [-0.2, 0) is 11.2 Å². The van der Waals surface area contributed by atoms with Gasteiger partial charge in [0.1, 0.15) is 12.1 Å². The standard InChI is InChI=1S/C25H32N2O/c1-24(2,3)25(16-21(17-27(25)4)20-13-9-6-10-14-20)23-26-22(18-28-23)15-19-11-7-5-8-12-19/h5-14,21-22H,15-18H2,1-4H3/t21-,22?,25-/m0/s1. The van der Waals surface area contributed by atoms with Crippen LogP contribution in [0.3, 0.4) is 0 Å². The molecular weight excluding hydrogens is 344 g/mol. The van der Waals surface area contributed by atoms with Crippen LogP contribution < -0.4 is 0 Å². The lowest BCUT2D eigenvalue weighted by molar-refractivity contribution is 0.0870. The van der Waals surface area contributed by atoms with E-state index in [0.717, 1.165) is 25.3 Å². The average Bonchev–Trinajstić information content (AvgIpc) is 3.28. The van der Waals surface area contributed by atoms with Crippen LogP contribution >= 0.6 is 0 Å². The maximum absolute atomic E-state index is 6.31. The predicted octanol–water partition coefficient (Wildman–Crippen LogP) is 4.93. The summed E-state index contributed by atoms with van der Waals surface area (Å²) in [5.41, 5.74) is 2.61. The van der Waals surface area contributed by atoms with Crippen molar-refractivity contribution in [2.45, 2.75) is 51.1 Å². The Morgan fingerprint density at radius 2 is 1.68 bits per heavy atom. The normalized spacial score (nSPS) is 28.2. The zero-order valence-electron chi connectivity index (χ0n) is 17.6. The molecule has 0 saturated carbocycles. The van der Waals surface area contributed by atoms with Gasteiger partial charge in [-0.15, -0.1) is 0 Å². The van der Waals surface area contributed by atoms with E-state index in [2.05, 4.69) is 93.4 Å². The molecule has 0 aliphatic carbocycles. The minimum Gasteiger partial charge on any atom is -0.477 e. The molecule has 0 aromatic heterocycles. The number of aliphatic imine (C=N–C) groups is 1. The van der Waals surface area contributed by atoms with E-state index < -0.39 is 0 Å². The van der Waals surface area contributed by atoms with Crippen molar-refractivity contribution < 1.29 is 4.74 Å². The third-order valence-corrected chi connectivity index (χ3v) is 6.58. The van der Waals surface area contributed by atoms with E-state index in [1.807, 2.05) is 0 Å². The van der Waals surface area contributed by atoms with Crippen LogP contribution in [0.2, 0.25) is 0 Å². The highest BCUT2D eigenvalue weighted by molar-refractivity contribution is 5.89. The zero-order chi connectivity index (χ0) is 19.8. The fourth-order valence-corrected chi connectivity index (χ4v) is 5.09. The molecule has 148 valence electrons. The Bertz CT molecular complexity index is 825. The summed E-state index contributed by atoms with van der Waals surface area (Å²) < 4.78 is 6.31. The molecule has 4 rings (SSSR count). The second-order valence-electron chi connectivity index (χ2n) is 9.39. The van der Waals surface area contributed by atoms with E-state index in [-0.39, 0.29) is 17.0 Å². The van der Waals surface area contributed by atoms with E-state index in [4.69, 9.17) is 9.73 Å². The van der Waals surface area contributed by atoms with Crippen LogP contribution in [0.1, 0.15) is 44.2 Å². The number of rotatable bonds is 4. The van der Waals surface area contributed by atoms with Gasteiger partial charge in [-0.3, -0.25) is 4.90 Å². The Morgan fingerprint density at radius 3 is 2.32 bits per heavy atom. The summed E-state index contributed by atoms with van der Waals surface area (Å²) in [5.74, 6) is 1.45. The van der Waals surface area contributed by atoms with Crippen molar-refractivity contribution in [2.24, 2.45) is 10.4 Å². The van der Waals surface area contributed by atoms with Gasteiger partial charge in [-0.05, 0) is 42.3 Å². The molecule has 28 heavy (non-hydrogen) atoms. The number of hydrogen-bond donors (Lipinski definition) is 0. The van der Waals surface area contributed by atoms with Gasteiger partial charge in [-0.25, -0.2) is 4.99 Å². The fourth-order valence-electron chi connectivity index (χ4n) is 5.09. The van der Waals surface area contributed by atoms with Gasteiger partial charge in [0.25, 0.3) is 0 Å². The zero-order valence-corrected chi connectivity index (χ0v) is 17.6. The molecule has 0 bridgehead atoms. The highest BCUT2D eigenvalue weighted by Gasteiger charge is 2.57.